The summed E-state index contributed by atoms with van der Waals surface area (Å²) in [5, 5.41) is 9.16. The SMILES string of the molecule is N=C1/C(=C\c2ccccc2)C(=O)N=C2C=CON12. The Morgan fingerprint density at radius 2 is 2.06 bits per heavy atom. The van der Waals surface area contributed by atoms with E-state index in [4.69, 9.17) is 10.2 Å². The van der Waals surface area contributed by atoms with Crippen LogP contribution in [0, 0.1) is 5.41 Å². The zero-order valence-electron chi connectivity index (χ0n) is 9.33. The molecule has 0 saturated carbocycles. The fourth-order valence-corrected chi connectivity index (χ4v) is 1.74. The van der Waals surface area contributed by atoms with E-state index in [2.05, 4.69) is 4.99 Å². The van der Waals surface area contributed by atoms with Crippen LogP contribution in [0.2, 0.25) is 0 Å². The van der Waals surface area contributed by atoms with E-state index in [-0.39, 0.29) is 11.4 Å². The first-order valence-corrected chi connectivity index (χ1v) is 5.38. The van der Waals surface area contributed by atoms with Crippen LogP contribution in [-0.4, -0.2) is 22.6 Å². The molecule has 88 valence electrons. The van der Waals surface area contributed by atoms with Gasteiger partial charge in [0.05, 0.1) is 5.57 Å². The summed E-state index contributed by atoms with van der Waals surface area (Å²) in [4.78, 5) is 20.8. The largest absolute Gasteiger partial charge is 0.379 e. The number of nitrogens with zero attached hydrogens (tertiary/aromatic N) is 2. The van der Waals surface area contributed by atoms with Crippen LogP contribution in [0.4, 0.5) is 0 Å². The van der Waals surface area contributed by atoms with Crippen molar-refractivity contribution in [1.29, 1.82) is 5.41 Å². The molecule has 0 spiro atoms. The van der Waals surface area contributed by atoms with Gasteiger partial charge in [-0.05, 0) is 11.6 Å². The van der Waals surface area contributed by atoms with E-state index < -0.39 is 5.91 Å². The molecule has 0 atom stereocenters. The number of hydroxylamine groups is 2. The number of benzene rings is 1. The van der Waals surface area contributed by atoms with Gasteiger partial charge in [0.1, 0.15) is 6.26 Å². The van der Waals surface area contributed by atoms with E-state index >= 15 is 0 Å². The highest BCUT2D eigenvalue weighted by Gasteiger charge is 2.32. The average Bonchev–Trinajstić information content (AvgIpc) is 2.84. The lowest BCUT2D eigenvalue weighted by Gasteiger charge is -2.22. The summed E-state index contributed by atoms with van der Waals surface area (Å²) in [6.45, 7) is 0. The molecule has 2 aliphatic rings. The molecule has 18 heavy (non-hydrogen) atoms. The van der Waals surface area contributed by atoms with Gasteiger partial charge in [-0.3, -0.25) is 10.2 Å². The normalized spacial score (nSPS) is 19.9. The molecule has 1 aromatic carbocycles. The van der Waals surface area contributed by atoms with E-state index in [0.717, 1.165) is 5.56 Å². The summed E-state index contributed by atoms with van der Waals surface area (Å²) in [7, 11) is 0. The molecule has 5 heteroatoms. The van der Waals surface area contributed by atoms with Crippen molar-refractivity contribution >= 4 is 23.7 Å². The summed E-state index contributed by atoms with van der Waals surface area (Å²) in [5.41, 5.74) is 1.06. The lowest BCUT2D eigenvalue weighted by Crippen LogP contribution is -2.38. The minimum Gasteiger partial charge on any atom is -0.379 e. The fraction of sp³-hybridized carbons (Fsp3) is 0. The van der Waals surface area contributed by atoms with Gasteiger partial charge in [0.2, 0.25) is 0 Å². The number of carbonyl (C=O) groups excluding carboxylic acids is 1. The maximum absolute atomic E-state index is 11.8. The number of aliphatic imine (C=N–C) groups is 1. The van der Waals surface area contributed by atoms with Crippen molar-refractivity contribution in [3.63, 3.8) is 0 Å². The van der Waals surface area contributed by atoms with Crippen molar-refractivity contribution in [3.8, 4) is 0 Å². The zero-order valence-corrected chi connectivity index (χ0v) is 9.33. The second-order valence-corrected chi connectivity index (χ2v) is 3.79. The summed E-state index contributed by atoms with van der Waals surface area (Å²) in [6.07, 6.45) is 4.57. The van der Waals surface area contributed by atoms with Crippen LogP contribution in [0.3, 0.4) is 0 Å². The van der Waals surface area contributed by atoms with Gasteiger partial charge >= 0.3 is 0 Å². The predicted molar refractivity (Wildman–Crippen MR) is 66.7 cm³/mol. The molecule has 0 bridgehead atoms. The van der Waals surface area contributed by atoms with Crippen molar-refractivity contribution in [2.45, 2.75) is 0 Å². The van der Waals surface area contributed by atoms with Gasteiger partial charge in [-0.1, -0.05) is 30.3 Å². The number of fused-ring (bicyclic) bond motifs is 1. The summed E-state index contributed by atoms with van der Waals surface area (Å²) in [6, 6.07) is 9.34. The Balaban J connectivity index is 2.02. The maximum atomic E-state index is 11.8. The van der Waals surface area contributed by atoms with Crippen LogP contribution in [-0.2, 0) is 9.63 Å². The molecule has 0 saturated heterocycles. The van der Waals surface area contributed by atoms with Gasteiger partial charge in [0.25, 0.3) is 5.91 Å². The molecular formula is C13H9N3O2. The molecule has 0 radical (unpaired) electrons. The van der Waals surface area contributed by atoms with Gasteiger partial charge in [-0.2, -0.15) is 4.99 Å². The Kier molecular flexibility index (Phi) is 2.30. The number of amidine groups is 2. The molecule has 2 aliphatic heterocycles. The van der Waals surface area contributed by atoms with E-state index in [1.54, 1.807) is 12.2 Å². The maximum Gasteiger partial charge on any atom is 0.282 e. The second kappa shape index (κ2) is 3.96. The Hall–Kier alpha value is -2.69. The summed E-state index contributed by atoms with van der Waals surface area (Å²) < 4.78 is 0. The highest BCUT2D eigenvalue weighted by molar-refractivity contribution is 6.32. The van der Waals surface area contributed by atoms with E-state index in [9.17, 15) is 4.79 Å². The van der Waals surface area contributed by atoms with Crippen LogP contribution in [0.15, 0.2) is 53.2 Å². The number of carbonyl (C=O) groups is 1. The summed E-state index contributed by atoms with van der Waals surface area (Å²) >= 11 is 0. The lowest BCUT2D eigenvalue weighted by molar-refractivity contribution is -0.114. The van der Waals surface area contributed by atoms with Crippen molar-refractivity contribution in [2.75, 3.05) is 0 Å². The third kappa shape index (κ3) is 1.62. The fourth-order valence-electron chi connectivity index (χ4n) is 1.74. The van der Waals surface area contributed by atoms with Crippen LogP contribution in [0.25, 0.3) is 6.08 Å². The van der Waals surface area contributed by atoms with E-state index in [1.165, 1.54) is 11.3 Å². The molecule has 0 aliphatic carbocycles. The van der Waals surface area contributed by atoms with Crippen molar-refractivity contribution < 1.29 is 9.63 Å². The first-order chi connectivity index (χ1) is 8.75. The molecule has 1 N–H and O–H groups in total. The Bertz CT molecular complexity index is 614. The average molecular weight is 239 g/mol. The Morgan fingerprint density at radius 1 is 1.28 bits per heavy atom. The molecule has 1 aromatic rings. The highest BCUT2D eigenvalue weighted by atomic mass is 16.7. The molecule has 0 fully saturated rings. The van der Waals surface area contributed by atoms with Gasteiger partial charge in [-0.15, -0.1) is 5.06 Å². The van der Waals surface area contributed by atoms with Crippen molar-refractivity contribution in [3.05, 3.63) is 53.8 Å². The molecular weight excluding hydrogens is 230 g/mol. The van der Waals surface area contributed by atoms with Gasteiger partial charge in [0.15, 0.2) is 11.7 Å². The standard InChI is InChI=1S/C13H9N3O2/c14-12-10(8-9-4-2-1-3-5-9)13(17)15-11-6-7-18-16(11)12/h1-8,14H/b10-8+,14-12?. The van der Waals surface area contributed by atoms with E-state index in [0.29, 0.717) is 5.84 Å². The minimum absolute atomic E-state index is 0.00106. The zero-order chi connectivity index (χ0) is 12.5. The highest BCUT2D eigenvalue weighted by Crippen LogP contribution is 2.20. The number of nitrogens with one attached hydrogen (secondary N) is 1. The molecule has 3 rings (SSSR count). The van der Waals surface area contributed by atoms with Gasteiger partial charge < -0.3 is 4.84 Å². The van der Waals surface area contributed by atoms with Crippen LogP contribution < -0.4 is 0 Å². The second-order valence-electron chi connectivity index (χ2n) is 3.79. The smallest absolute Gasteiger partial charge is 0.282 e. The van der Waals surface area contributed by atoms with Crippen LogP contribution in [0.1, 0.15) is 5.56 Å². The first kappa shape index (κ1) is 10.5. The number of hydrogen-bond donors (Lipinski definition) is 1. The monoisotopic (exact) mass is 239 g/mol. The van der Waals surface area contributed by atoms with Gasteiger partial charge in [-0.25, -0.2) is 0 Å². The molecule has 0 aromatic heterocycles. The number of amides is 1. The van der Waals surface area contributed by atoms with E-state index in [1.807, 2.05) is 30.3 Å². The first-order valence-electron chi connectivity index (χ1n) is 5.38. The molecule has 0 unspecified atom stereocenters. The number of rotatable bonds is 1. The van der Waals surface area contributed by atoms with Crippen LogP contribution >= 0.6 is 0 Å². The number of hydrogen-bond acceptors (Lipinski definition) is 3. The Labute approximate surface area is 103 Å². The third-order valence-electron chi connectivity index (χ3n) is 2.61. The topological polar surface area (TPSA) is 65.8 Å². The quantitative estimate of drug-likeness (QED) is 0.759. The minimum atomic E-state index is -0.426. The lowest BCUT2D eigenvalue weighted by atomic mass is 10.1. The molecule has 5 nitrogen and oxygen atoms in total. The predicted octanol–water partition coefficient (Wildman–Crippen LogP) is 1.75. The Morgan fingerprint density at radius 3 is 2.83 bits per heavy atom. The van der Waals surface area contributed by atoms with Crippen molar-refractivity contribution in [1.82, 2.24) is 5.06 Å². The van der Waals surface area contributed by atoms with Crippen LogP contribution in [0.5, 0.6) is 0 Å². The molecule has 1 amide bonds. The molecule has 2 heterocycles. The third-order valence-corrected chi connectivity index (χ3v) is 2.61. The summed E-state index contributed by atoms with van der Waals surface area (Å²) in [5.74, 6) is -0.0840. The van der Waals surface area contributed by atoms with Crippen molar-refractivity contribution in [2.24, 2.45) is 4.99 Å². The van der Waals surface area contributed by atoms with Gasteiger partial charge in [0, 0.05) is 6.08 Å².